The number of amides is 2. The number of likely N-dealkylation sites (tertiary alicyclic amines) is 1. The highest BCUT2D eigenvalue weighted by molar-refractivity contribution is 5.92. The van der Waals surface area contributed by atoms with Gasteiger partial charge >= 0.3 is 6.09 Å². The highest BCUT2D eigenvalue weighted by atomic mass is 16.6. The van der Waals surface area contributed by atoms with Crippen LogP contribution in [0.25, 0.3) is 0 Å². The number of fused-ring (bicyclic) bond motifs is 2. The fourth-order valence-corrected chi connectivity index (χ4v) is 5.14. The Hall–Kier alpha value is -2.31. The standard InChI is InChI=1S/C22H32N4O3/c1-4-29-22(28)25-9-7-19(8-10-25)26(14-18-13-16-5-6-17(18)12-16)21(27)20-11-15(2)24(3)23-20/h5-6,11,16-19H,4,7-10,12-14H2,1-3H3/t16-,17+,18-/m1/s1. The van der Waals surface area contributed by atoms with E-state index in [4.69, 9.17) is 4.74 Å². The summed E-state index contributed by atoms with van der Waals surface area (Å²) in [7, 11) is 1.87. The zero-order valence-corrected chi connectivity index (χ0v) is 17.7. The van der Waals surface area contributed by atoms with Crippen molar-refractivity contribution in [1.29, 1.82) is 0 Å². The quantitative estimate of drug-likeness (QED) is 0.713. The second kappa shape index (κ2) is 8.20. The van der Waals surface area contributed by atoms with E-state index in [9.17, 15) is 9.59 Å². The molecule has 0 aromatic carbocycles. The second-order valence-electron chi connectivity index (χ2n) is 8.71. The Balaban J connectivity index is 1.48. The SMILES string of the molecule is CCOC(=O)N1CCC(N(C[C@H]2C[C@@H]3C=C[C@H]2C3)C(=O)c2cc(C)n(C)n2)CC1. The van der Waals surface area contributed by atoms with Gasteiger partial charge in [0.15, 0.2) is 5.69 Å². The van der Waals surface area contributed by atoms with Crippen LogP contribution in [0.3, 0.4) is 0 Å². The highest BCUT2D eigenvalue weighted by Gasteiger charge is 2.40. The summed E-state index contributed by atoms with van der Waals surface area (Å²) < 4.78 is 6.90. The molecule has 0 spiro atoms. The highest BCUT2D eigenvalue weighted by Crippen LogP contribution is 2.44. The van der Waals surface area contributed by atoms with Gasteiger partial charge in [0.05, 0.1) is 6.61 Å². The van der Waals surface area contributed by atoms with Crippen LogP contribution in [0.1, 0.15) is 48.8 Å². The van der Waals surface area contributed by atoms with Gasteiger partial charge in [0.2, 0.25) is 0 Å². The van der Waals surface area contributed by atoms with Gasteiger partial charge in [-0.25, -0.2) is 4.79 Å². The molecule has 2 bridgehead atoms. The Bertz CT molecular complexity index is 774. The summed E-state index contributed by atoms with van der Waals surface area (Å²) in [6, 6.07) is 2.02. The van der Waals surface area contributed by atoms with Gasteiger partial charge in [-0.05, 0) is 63.4 Å². The van der Waals surface area contributed by atoms with E-state index in [2.05, 4.69) is 22.2 Å². The number of hydrogen-bond acceptors (Lipinski definition) is 4. The fourth-order valence-electron chi connectivity index (χ4n) is 5.14. The van der Waals surface area contributed by atoms with Crippen molar-refractivity contribution in [2.45, 2.75) is 45.6 Å². The molecule has 0 unspecified atom stereocenters. The van der Waals surface area contributed by atoms with Crippen LogP contribution < -0.4 is 0 Å². The van der Waals surface area contributed by atoms with Crippen LogP contribution >= 0.6 is 0 Å². The van der Waals surface area contributed by atoms with Crippen LogP contribution in [-0.2, 0) is 11.8 Å². The Labute approximate surface area is 172 Å². The third-order valence-corrected chi connectivity index (χ3v) is 6.87. The van der Waals surface area contributed by atoms with Crippen molar-refractivity contribution in [1.82, 2.24) is 19.6 Å². The van der Waals surface area contributed by atoms with E-state index in [1.54, 1.807) is 9.58 Å². The molecule has 2 aliphatic carbocycles. The maximum Gasteiger partial charge on any atom is 0.409 e. The van der Waals surface area contributed by atoms with Gasteiger partial charge in [0.1, 0.15) is 0 Å². The molecule has 3 aliphatic rings. The van der Waals surface area contributed by atoms with E-state index >= 15 is 0 Å². The molecule has 7 heteroatoms. The fraction of sp³-hybridized carbons (Fsp3) is 0.682. The molecule has 1 aromatic heterocycles. The molecule has 0 N–H and O–H groups in total. The maximum absolute atomic E-state index is 13.4. The number of carbonyl (C=O) groups excluding carboxylic acids is 2. The van der Waals surface area contributed by atoms with Crippen LogP contribution in [0, 0.1) is 24.7 Å². The number of hydrogen-bond donors (Lipinski definition) is 0. The van der Waals surface area contributed by atoms with Crippen molar-refractivity contribution in [2.75, 3.05) is 26.2 Å². The van der Waals surface area contributed by atoms with E-state index < -0.39 is 0 Å². The van der Waals surface area contributed by atoms with Gasteiger partial charge in [-0.15, -0.1) is 0 Å². The van der Waals surface area contributed by atoms with Gasteiger partial charge in [-0.1, -0.05) is 12.2 Å². The Kier molecular flexibility index (Phi) is 5.65. The van der Waals surface area contributed by atoms with Crippen molar-refractivity contribution in [2.24, 2.45) is 24.8 Å². The molecule has 1 aromatic rings. The average Bonchev–Trinajstić information content (AvgIpc) is 3.42. The van der Waals surface area contributed by atoms with E-state index in [0.717, 1.165) is 25.1 Å². The Morgan fingerprint density at radius 3 is 2.55 bits per heavy atom. The number of rotatable bonds is 5. The molecule has 2 heterocycles. The zero-order chi connectivity index (χ0) is 20.5. The minimum absolute atomic E-state index is 0.0232. The minimum Gasteiger partial charge on any atom is -0.450 e. The summed E-state index contributed by atoms with van der Waals surface area (Å²) in [4.78, 5) is 29.3. The molecule has 3 atom stereocenters. The molecule has 2 fully saturated rings. The van der Waals surface area contributed by atoms with Crippen molar-refractivity contribution in [3.8, 4) is 0 Å². The molecule has 0 radical (unpaired) electrons. The predicted molar refractivity (Wildman–Crippen MR) is 109 cm³/mol. The second-order valence-corrected chi connectivity index (χ2v) is 8.71. The van der Waals surface area contributed by atoms with Gasteiger partial charge < -0.3 is 14.5 Å². The molecular formula is C22H32N4O3. The molecule has 1 saturated heterocycles. The van der Waals surface area contributed by atoms with Crippen LogP contribution in [0.4, 0.5) is 4.79 Å². The molecule has 7 nitrogen and oxygen atoms in total. The number of allylic oxidation sites excluding steroid dienone is 2. The number of aryl methyl sites for hydroxylation is 2. The molecule has 2 amide bonds. The van der Waals surface area contributed by atoms with Crippen molar-refractivity contribution >= 4 is 12.0 Å². The van der Waals surface area contributed by atoms with Crippen molar-refractivity contribution in [3.05, 3.63) is 29.6 Å². The summed E-state index contributed by atoms with van der Waals surface area (Å²) in [6.07, 6.45) is 8.41. The molecule has 158 valence electrons. The number of nitrogens with zero attached hydrogens (tertiary/aromatic N) is 4. The monoisotopic (exact) mass is 400 g/mol. The van der Waals surface area contributed by atoms with Crippen LogP contribution in [-0.4, -0.2) is 63.9 Å². The van der Waals surface area contributed by atoms with Gasteiger partial charge in [0.25, 0.3) is 5.91 Å². The van der Waals surface area contributed by atoms with Crippen LogP contribution in [0.2, 0.25) is 0 Å². The van der Waals surface area contributed by atoms with Gasteiger partial charge in [-0.3, -0.25) is 9.48 Å². The summed E-state index contributed by atoms with van der Waals surface area (Å²) in [5.74, 6) is 1.84. The van der Waals surface area contributed by atoms with Gasteiger partial charge in [-0.2, -0.15) is 5.10 Å². The van der Waals surface area contributed by atoms with E-state index in [1.165, 1.54) is 12.8 Å². The van der Waals surface area contributed by atoms with Crippen molar-refractivity contribution in [3.63, 3.8) is 0 Å². The largest absolute Gasteiger partial charge is 0.450 e. The maximum atomic E-state index is 13.4. The van der Waals surface area contributed by atoms with E-state index in [0.29, 0.717) is 43.1 Å². The molecule has 1 saturated carbocycles. The number of piperidine rings is 1. The normalized spacial score (nSPS) is 26.2. The number of carbonyl (C=O) groups is 2. The molecule has 1 aliphatic heterocycles. The molecular weight excluding hydrogens is 368 g/mol. The number of ether oxygens (including phenoxy) is 1. The first kappa shape index (κ1) is 20.0. The first-order valence-corrected chi connectivity index (χ1v) is 10.9. The lowest BCUT2D eigenvalue weighted by molar-refractivity contribution is 0.0477. The van der Waals surface area contributed by atoms with E-state index in [1.807, 2.05) is 27.0 Å². The lowest BCUT2D eigenvalue weighted by Crippen LogP contribution is -2.50. The first-order chi connectivity index (χ1) is 14.0. The predicted octanol–water partition coefficient (Wildman–Crippen LogP) is 3.00. The smallest absolute Gasteiger partial charge is 0.409 e. The summed E-state index contributed by atoms with van der Waals surface area (Å²) in [6.45, 7) is 6.22. The average molecular weight is 401 g/mol. The first-order valence-electron chi connectivity index (χ1n) is 10.9. The van der Waals surface area contributed by atoms with Crippen molar-refractivity contribution < 1.29 is 14.3 Å². The van der Waals surface area contributed by atoms with Crippen LogP contribution in [0.15, 0.2) is 18.2 Å². The lowest BCUT2D eigenvalue weighted by atomic mass is 9.91. The topological polar surface area (TPSA) is 67.7 Å². The molecule has 4 rings (SSSR count). The van der Waals surface area contributed by atoms with Gasteiger partial charge in [0, 0.05) is 38.4 Å². The number of aromatic nitrogens is 2. The third kappa shape index (κ3) is 4.05. The molecule has 29 heavy (non-hydrogen) atoms. The lowest BCUT2D eigenvalue weighted by Gasteiger charge is -2.39. The zero-order valence-electron chi connectivity index (χ0n) is 17.7. The Morgan fingerprint density at radius 2 is 2.00 bits per heavy atom. The van der Waals surface area contributed by atoms with Crippen LogP contribution in [0.5, 0.6) is 0 Å². The summed E-state index contributed by atoms with van der Waals surface area (Å²) >= 11 is 0. The summed E-state index contributed by atoms with van der Waals surface area (Å²) in [5, 5.41) is 4.44. The minimum atomic E-state index is -0.248. The van der Waals surface area contributed by atoms with E-state index in [-0.39, 0.29) is 18.0 Å². The third-order valence-electron chi connectivity index (χ3n) is 6.87. The summed E-state index contributed by atoms with van der Waals surface area (Å²) in [5.41, 5.74) is 1.50. The Morgan fingerprint density at radius 1 is 1.24 bits per heavy atom.